The second-order valence-corrected chi connectivity index (χ2v) is 11.3. The molecule has 0 aliphatic rings. The number of carbonyl (C=O) groups excluding carboxylic acids is 5. The molecule has 12 heteroatoms. The number of hydrogen-bond acceptors (Lipinski definition) is 10. The van der Waals surface area contributed by atoms with Gasteiger partial charge in [-0.2, -0.15) is 0 Å². The number of carbonyl (C=O) groups is 5. The number of halogens is 1. The highest BCUT2D eigenvalue weighted by molar-refractivity contribution is 9.10. The van der Waals surface area contributed by atoms with E-state index in [4.69, 9.17) is 28.5 Å². The molecule has 0 spiro atoms. The lowest BCUT2D eigenvalue weighted by Gasteiger charge is -1.97. The van der Waals surface area contributed by atoms with Gasteiger partial charge in [0.1, 0.15) is 29.3 Å². The number of hydrogen-bond donors (Lipinski definition) is 1. The smallest absolute Gasteiger partial charge is 0.374 e. The molecular weight excluding hydrogens is 686 g/mol. The Morgan fingerprint density at radius 1 is 0.646 bits per heavy atom. The van der Waals surface area contributed by atoms with Crippen molar-refractivity contribution in [2.75, 3.05) is 13.2 Å². The van der Waals surface area contributed by atoms with E-state index in [1.54, 1.807) is 64.1 Å². The van der Waals surface area contributed by atoms with Gasteiger partial charge in [-0.3, -0.25) is 14.4 Å². The van der Waals surface area contributed by atoms with Crippen molar-refractivity contribution in [2.45, 2.75) is 34.6 Å². The third-order valence-electron chi connectivity index (χ3n) is 7.24. The first-order valence-electron chi connectivity index (χ1n) is 14.7. The van der Waals surface area contributed by atoms with Crippen molar-refractivity contribution >= 4 is 79.3 Å². The second-order valence-electron chi connectivity index (χ2n) is 10.4. The molecule has 0 bridgehead atoms. The van der Waals surface area contributed by atoms with Crippen molar-refractivity contribution in [3.63, 3.8) is 0 Å². The summed E-state index contributed by atoms with van der Waals surface area (Å²) >= 11 is 3.39. The maximum atomic E-state index is 11.6. The van der Waals surface area contributed by atoms with Crippen molar-refractivity contribution in [1.29, 1.82) is 0 Å². The van der Waals surface area contributed by atoms with Gasteiger partial charge in [-0.05, 0) is 89.2 Å². The predicted molar refractivity (Wildman–Crippen MR) is 182 cm³/mol. The molecule has 0 radical (unpaired) electrons. The Morgan fingerprint density at radius 2 is 1.02 bits per heavy atom. The van der Waals surface area contributed by atoms with Gasteiger partial charge in [-0.15, -0.1) is 0 Å². The Kier molecular flexibility index (Phi) is 11.3. The number of aldehydes is 2. The van der Waals surface area contributed by atoms with Crippen LogP contribution in [0.15, 0.2) is 72.3 Å². The summed E-state index contributed by atoms with van der Waals surface area (Å²) in [6.45, 7) is 9.51. The summed E-state index contributed by atoms with van der Waals surface area (Å²) in [5, 5.41) is 2.43. The third kappa shape index (κ3) is 7.55. The van der Waals surface area contributed by atoms with E-state index in [1.807, 2.05) is 25.1 Å². The van der Waals surface area contributed by atoms with E-state index in [-0.39, 0.29) is 17.3 Å². The van der Waals surface area contributed by atoms with Crippen LogP contribution in [0.5, 0.6) is 0 Å². The first kappa shape index (κ1) is 35.4. The number of amides is 1. The Hall–Kier alpha value is -5.49. The fourth-order valence-corrected chi connectivity index (χ4v) is 5.20. The molecule has 3 aromatic carbocycles. The lowest BCUT2D eigenvalue weighted by molar-refractivity contribution is 0.0482. The minimum atomic E-state index is -0.601. The van der Waals surface area contributed by atoms with Crippen LogP contribution >= 0.6 is 15.9 Å². The highest BCUT2D eigenvalue weighted by atomic mass is 79.9. The first-order chi connectivity index (χ1) is 22.9. The van der Waals surface area contributed by atoms with Crippen LogP contribution in [0.4, 0.5) is 0 Å². The minimum absolute atomic E-state index is 0.146. The van der Waals surface area contributed by atoms with Crippen molar-refractivity contribution in [3.05, 3.63) is 104 Å². The van der Waals surface area contributed by atoms with E-state index < -0.39 is 17.8 Å². The van der Waals surface area contributed by atoms with Crippen LogP contribution in [-0.2, 0) is 9.47 Å². The van der Waals surface area contributed by atoms with Crippen LogP contribution in [0.2, 0.25) is 0 Å². The zero-order chi connectivity index (χ0) is 35.1. The highest BCUT2D eigenvalue weighted by Crippen LogP contribution is 2.29. The normalized spacial score (nSPS) is 10.5. The van der Waals surface area contributed by atoms with Crippen LogP contribution in [0.25, 0.3) is 32.9 Å². The number of benzene rings is 3. The fourth-order valence-electron chi connectivity index (χ4n) is 4.83. The van der Waals surface area contributed by atoms with Gasteiger partial charge in [0.15, 0.2) is 5.76 Å². The molecule has 2 N–H and O–H groups in total. The largest absolute Gasteiger partial charge is 0.460 e. The van der Waals surface area contributed by atoms with Gasteiger partial charge in [0.25, 0.3) is 5.91 Å². The van der Waals surface area contributed by atoms with E-state index in [0.717, 1.165) is 38.8 Å². The van der Waals surface area contributed by atoms with Crippen LogP contribution in [0.1, 0.15) is 82.9 Å². The Balaban J connectivity index is 0.000000163. The van der Waals surface area contributed by atoms with Gasteiger partial charge >= 0.3 is 11.9 Å². The van der Waals surface area contributed by atoms with Crippen molar-refractivity contribution < 1.29 is 46.7 Å². The van der Waals surface area contributed by atoms with Gasteiger partial charge < -0.3 is 28.5 Å². The Bertz CT molecular complexity index is 2170. The summed E-state index contributed by atoms with van der Waals surface area (Å²) < 4.78 is 26.9. The quantitative estimate of drug-likeness (QED) is 0.126. The minimum Gasteiger partial charge on any atom is -0.460 e. The number of primary amides is 1. The zero-order valence-corrected chi connectivity index (χ0v) is 28.4. The molecule has 11 nitrogen and oxygen atoms in total. The van der Waals surface area contributed by atoms with E-state index in [1.165, 1.54) is 0 Å². The SMILES string of the molecule is CCOC(=O)c1oc2ccc(Br)cc2c1C.CCOC(=O)c1oc2ccc(C=O)cc2c1C.Cc1c(C(N)=O)oc2ccc(C=O)cc12. The van der Waals surface area contributed by atoms with Crippen molar-refractivity contribution in [3.8, 4) is 0 Å². The summed E-state index contributed by atoms with van der Waals surface area (Å²) in [7, 11) is 0. The third-order valence-corrected chi connectivity index (χ3v) is 7.73. The van der Waals surface area contributed by atoms with Crippen LogP contribution < -0.4 is 5.73 Å². The number of furan rings is 3. The average Bonchev–Trinajstić information content (AvgIpc) is 3.71. The van der Waals surface area contributed by atoms with E-state index in [0.29, 0.717) is 52.2 Å². The first-order valence-corrected chi connectivity index (χ1v) is 15.5. The molecule has 0 saturated carbocycles. The maximum Gasteiger partial charge on any atom is 0.374 e. The summed E-state index contributed by atoms with van der Waals surface area (Å²) in [6, 6.07) is 15.6. The van der Waals surface area contributed by atoms with Gasteiger partial charge in [-0.1, -0.05) is 15.9 Å². The molecular formula is C36H32BrNO10. The Morgan fingerprint density at radius 3 is 1.42 bits per heavy atom. The van der Waals surface area contributed by atoms with Crippen LogP contribution in [0, 0.1) is 20.8 Å². The summed E-state index contributed by atoms with van der Waals surface area (Å²) in [5.74, 6) is -0.856. The molecule has 0 atom stereocenters. The molecule has 248 valence electrons. The molecule has 0 aliphatic heterocycles. The summed E-state index contributed by atoms with van der Waals surface area (Å²) in [4.78, 5) is 55.5. The second kappa shape index (κ2) is 15.4. The maximum absolute atomic E-state index is 11.6. The Labute approximate surface area is 283 Å². The van der Waals surface area contributed by atoms with Gasteiger partial charge in [0.2, 0.25) is 11.5 Å². The molecule has 48 heavy (non-hydrogen) atoms. The van der Waals surface area contributed by atoms with E-state index >= 15 is 0 Å². The molecule has 6 aromatic rings. The monoisotopic (exact) mass is 717 g/mol. The molecule has 0 fully saturated rings. The molecule has 0 aliphatic carbocycles. The van der Waals surface area contributed by atoms with Gasteiger partial charge in [-0.25, -0.2) is 9.59 Å². The molecule has 0 saturated heterocycles. The van der Waals surface area contributed by atoms with Crippen LogP contribution in [0.3, 0.4) is 0 Å². The number of nitrogens with two attached hydrogens (primary N) is 1. The number of esters is 2. The van der Waals surface area contributed by atoms with Gasteiger partial charge in [0.05, 0.1) is 13.2 Å². The topological polar surface area (TPSA) is 169 Å². The lowest BCUT2D eigenvalue weighted by atomic mass is 10.1. The fraction of sp³-hybridized carbons (Fsp3) is 0.194. The lowest BCUT2D eigenvalue weighted by Crippen LogP contribution is -2.10. The summed E-state index contributed by atoms with van der Waals surface area (Å²) in [5.41, 5.74) is 10.3. The predicted octanol–water partition coefficient (Wildman–Crippen LogP) is 8.06. The summed E-state index contributed by atoms with van der Waals surface area (Å²) in [6.07, 6.45) is 1.51. The number of ether oxygens (including phenoxy) is 2. The molecule has 3 heterocycles. The number of fused-ring (bicyclic) bond motifs is 3. The molecule has 3 aromatic heterocycles. The van der Waals surface area contributed by atoms with Crippen molar-refractivity contribution in [1.82, 2.24) is 0 Å². The van der Waals surface area contributed by atoms with Crippen molar-refractivity contribution in [2.24, 2.45) is 5.73 Å². The standard InChI is InChI=1S/C13H12O4.C12H11BrO3.C11H9NO3/c1-3-16-13(15)12-8(2)10-6-9(7-14)4-5-11(10)17-12;1-3-15-12(14)11-7(2)9-6-8(13)4-5-10(9)16-11;1-6-8-4-7(5-13)2-3-9(8)15-10(6)11(12)14/h4-7H,3H2,1-2H3;4-6H,3H2,1-2H3;2-5H,1H3,(H2,12,14). The average molecular weight is 719 g/mol. The molecule has 6 rings (SSSR count). The van der Waals surface area contributed by atoms with Crippen LogP contribution in [-0.4, -0.2) is 43.6 Å². The highest BCUT2D eigenvalue weighted by Gasteiger charge is 2.20. The van der Waals surface area contributed by atoms with Gasteiger partial charge in [0, 0.05) is 48.4 Å². The number of rotatable bonds is 7. The number of aryl methyl sites for hydroxylation is 3. The zero-order valence-electron chi connectivity index (χ0n) is 26.8. The van der Waals surface area contributed by atoms with E-state index in [9.17, 15) is 24.0 Å². The van der Waals surface area contributed by atoms with E-state index in [2.05, 4.69) is 15.9 Å². The molecule has 0 unspecified atom stereocenters. The molecule has 1 amide bonds.